The molecule has 1 heterocycles. The molecule has 1 saturated carbocycles. The van der Waals surface area contributed by atoms with Crippen LogP contribution in [0, 0.1) is 0 Å². The second-order valence-corrected chi connectivity index (χ2v) is 6.12. The number of nitrogens with zero attached hydrogens (tertiary/aromatic N) is 2. The van der Waals surface area contributed by atoms with Crippen LogP contribution in [0.5, 0.6) is 0 Å². The number of thioether (sulfide) groups is 1. The molecule has 18 heavy (non-hydrogen) atoms. The average molecular weight is 266 g/mol. The number of hydrogen-bond donors (Lipinski definition) is 1. The third-order valence-electron chi connectivity index (χ3n) is 3.13. The minimum absolute atomic E-state index is 0.273. The molecule has 2 rings (SSSR count). The van der Waals surface area contributed by atoms with E-state index in [1.165, 1.54) is 6.20 Å². The first-order chi connectivity index (χ1) is 8.61. The number of aromatic nitrogens is 2. The van der Waals surface area contributed by atoms with Crippen LogP contribution in [0.15, 0.2) is 6.20 Å². The van der Waals surface area contributed by atoms with E-state index in [2.05, 4.69) is 23.8 Å². The van der Waals surface area contributed by atoms with Crippen molar-refractivity contribution in [2.75, 3.05) is 0 Å². The lowest BCUT2D eigenvalue weighted by Crippen LogP contribution is -2.08. The molecule has 1 atom stereocenters. The van der Waals surface area contributed by atoms with Crippen LogP contribution in [0.4, 0.5) is 0 Å². The van der Waals surface area contributed by atoms with Gasteiger partial charge in [0.05, 0.1) is 17.0 Å². The summed E-state index contributed by atoms with van der Waals surface area (Å²) >= 11 is 1.81. The third-order valence-corrected chi connectivity index (χ3v) is 4.46. The Balaban J connectivity index is 2.13. The van der Waals surface area contributed by atoms with Crippen molar-refractivity contribution < 1.29 is 9.90 Å². The van der Waals surface area contributed by atoms with E-state index in [1.807, 2.05) is 11.8 Å². The summed E-state index contributed by atoms with van der Waals surface area (Å²) < 4.78 is 0. The van der Waals surface area contributed by atoms with Gasteiger partial charge in [-0.15, -0.1) is 0 Å². The number of carboxylic acids is 1. The van der Waals surface area contributed by atoms with E-state index in [0.29, 0.717) is 11.2 Å². The zero-order valence-corrected chi connectivity index (χ0v) is 11.5. The number of carbonyl (C=O) groups is 1. The summed E-state index contributed by atoms with van der Waals surface area (Å²) in [5, 5.41) is 9.68. The van der Waals surface area contributed by atoms with Crippen LogP contribution in [0.25, 0.3) is 0 Å². The van der Waals surface area contributed by atoms with Crippen LogP contribution < -0.4 is 0 Å². The van der Waals surface area contributed by atoms with Crippen LogP contribution in [0.2, 0.25) is 0 Å². The second kappa shape index (κ2) is 5.69. The number of hydrogen-bond acceptors (Lipinski definition) is 4. The maximum atomic E-state index is 11.1. The molecule has 1 fully saturated rings. The second-order valence-electron chi connectivity index (χ2n) is 4.69. The van der Waals surface area contributed by atoms with Gasteiger partial charge in [-0.25, -0.2) is 14.8 Å². The molecule has 1 aliphatic carbocycles. The van der Waals surface area contributed by atoms with Crippen molar-refractivity contribution in [1.29, 1.82) is 0 Å². The fraction of sp³-hybridized carbons (Fsp3) is 0.615. The van der Waals surface area contributed by atoms with E-state index in [9.17, 15) is 4.79 Å². The monoisotopic (exact) mass is 266 g/mol. The van der Waals surface area contributed by atoms with E-state index in [-0.39, 0.29) is 5.56 Å². The first kappa shape index (κ1) is 13.3. The molecule has 0 amide bonds. The molecular formula is C13H18N2O2S. The van der Waals surface area contributed by atoms with Gasteiger partial charge in [-0.2, -0.15) is 11.8 Å². The van der Waals surface area contributed by atoms with E-state index in [4.69, 9.17) is 5.11 Å². The first-order valence-corrected chi connectivity index (χ1v) is 7.37. The molecule has 1 aliphatic rings. The molecule has 1 aromatic heterocycles. The number of rotatable bonds is 6. The zero-order chi connectivity index (χ0) is 13.1. The maximum absolute atomic E-state index is 11.1. The summed E-state index contributed by atoms with van der Waals surface area (Å²) in [7, 11) is 0. The van der Waals surface area contributed by atoms with Gasteiger partial charge in [0, 0.05) is 17.4 Å². The standard InChI is InChI=1S/C13H18N2O2S/c1-3-8(2)18-7-11-14-6-10(13(16)17)12(15-11)9-4-5-9/h6,8-9H,3-5,7H2,1-2H3,(H,16,17). The molecule has 4 nitrogen and oxygen atoms in total. The molecule has 5 heteroatoms. The van der Waals surface area contributed by atoms with Crippen molar-refractivity contribution in [2.24, 2.45) is 0 Å². The molecule has 0 bridgehead atoms. The van der Waals surface area contributed by atoms with Crippen LogP contribution in [0.3, 0.4) is 0 Å². The molecule has 0 aromatic carbocycles. The lowest BCUT2D eigenvalue weighted by Gasteiger charge is -2.09. The minimum Gasteiger partial charge on any atom is -0.478 e. The first-order valence-electron chi connectivity index (χ1n) is 6.32. The van der Waals surface area contributed by atoms with Gasteiger partial charge in [-0.1, -0.05) is 13.8 Å². The predicted octanol–water partition coefficient (Wildman–Crippen LogP) is 3.08. The summed E-state index contributed by atoms with van der Waals surface area (Å²) in [6.07, 6.45) is 4.69. The van der Waals surface area contributed by atoms with Gasteiger partial charge < -0.3 is 5.11 Å². The molecule has 98 valence electrons. The number of carboxylic acid groups (broad SMARTS) is 1. The van der Waals surface area contributed by atoms with Crippen molar-refractivity contribution >= 4 is 17.7 Å². The van der Waals surface area contributed by atoms with Crippen LogP contribution >= 0.6 is 11.8 Å². The maximum Gasteiger partial charge on any atom is 0.339 e. The predicted molar refractivity (Wildman–Crippen MR) is 72.0 cm³/mol. The van der Waals surface area contributed by atoms with Crippen LogP contribution in [0.1, 0.15) is 60.9 Å². The smallest absolute Gasteiger partial charge is 0.339 e. The van der Waals surface area contributed by atoms with Gasteiger partial charge in [0.1, 0.15) is 5.82 Å². The summed E-state index contributed by atoms with van der Waals surface area (Å²) in [5.41, 5.74) is 1.01. The molecule has 0 radical (unpaired) electrons. The van der Waals surface area contributed by atoms with E-state index >= 15 is 0 Å². The highest BCUT2D eigenvalue weighted by Crippen LogP contribution is 2.40. The Morgan fingerprint density at radius 1 is 1.61 bits per heavy atom. The van der Waals surface area contributed by atoms with Gasteiger partial charge in [0.2, 0.25) is 0 Å². The molecule has 1 aromatic rings. The van der Waals surface area contributed by atoms with Crippen molar-refractivity contribution in [3.63, 3.8) is 0 Å². The average Bonchev–Trinajstić information content (AvgIpc) is 3.19. The molecule has 0 spiro atoms. The van der Waals surface area contributed by atoms with Gasteiger partial charge in [0.15, 0.2) is 0 Å². The van der Waals surface area contributed by atoms with Crippen LogP contribution in [-0.4, -0.2) is 26.3 Å². The molecule has 1 unspecified atom stereocenters. The SMILES string of the molecule is CCC(C)SCc1ncc(C(=O)O)c(C2CC2)n1. The lowest BCUT2D eigenvalue weighted by molar-refractivity contribution is 0.0694. The van der Waals surface area contributed by atoms with Crippen molar-refractivity contribution in [1.82, 2.24) is 9.97 Å². The van der Waals surface area contributed by atoms with Gasteiger partial charge >= 0.3 is 5.97 Å². The van der Waals surface area contributed by atoms with E-state index in [0.717, 1.165) is 36.5 Å². The zero-order valence-electron chi connectivity index (χ0n) is 10.7. The Labute approximate surface area is 111 Å². The normalized spacial score (nSPS) is 16.6. The Hall–Kier alpha value is -1.10. The van der Waals surface area contributed by atoms with Crippen molar-refractivity contribution in [3.05, 3.63) is 23.3 Å². The fourth-order valence-electron chi connectivity index (χ4n) is 1.67. The highest BCUT2D eigenvalue weighted by molar-refractivity contribution is 7.99. The highest BCUT2D eigenvalue weighted by atomic mass is 32.2. The van der Waals surface area contributed by atoms with Gasteiger partial charge in [-0.3, -0.25) is 0 Å². The Morgan fingerprint density at radius 2 is 2.33 bits per heavy atom. The third kappa shape index (κ3) is 3.22. The Bertz CT molecular complexity index is 447. The summed E-state index contributed by atoms with van der Waals surface area (Å²) in [5.74, 6) is 0.936. The Kier molecular flexibility index (Phi) is 4.22. The number of aromatic carboxylic acids is 1. The molecular weight excluding hydrogens is 248 g/mol. The molecule has 0 saturated heterocycles. The van der Waals surface area contributed by atoms with Crippen molar-refractivity contribution in [3.8, 4) is 0 Å². The highest BCUT2D eigenvalue weighted by Gasteiger charge is 2.30. The van der Waals surface area contributed by atoms with Gasteiger partial charge in [0.25, 0.3) is 0 Å². The largest absolute Gasteiger partial charge is 0.478 e. The fourth-order valence-corrected chi connectivity index (χ4v) is 2.48. The molecule has 1 N–H and O–H groups in total. The van der Waals surface area contributed by atoms with Crippen molar-refractivity contribution in [2.45, 2.75) is 50.0 Å². The Morgan fingerprint density at radius 3 is 2.89 bits per heavy atom. The summed E-state index contributed by atoms with van der Waals surface area (Å²) in [6.45, 7) is 4.33. The quantitative estimate of drug-likeness (QED) is 0.857. The minimum atomic E-state index is -0.918. The van der Waals surface area contributed by atoms with Gasteiger partial charge in [-0.05, 0) is 19.3 Å². The lowest BCUT2D eigenvalue weighted by atomic mass is 10.1. The molecule has 0 aliphatic heterocycles. The van der Waals surface area contributed by atoms with Crippen LogP contribution in [-0.2, 0) is 5.75 Å². The summed E-state index contributed by atoms with van der Waals surface area (Å²) in [4.78, 5) is 19.7. The van der Waals surface area contributed by atoms with E-state index < -0.39 is 5.97 Å². The summed E-state index contributed by atoms with van der Waals surface area (Å²) in [6, 6.07) is 0. The topological polar surface area (TPSA) is 63.1 Å². The van der Waals surface area contributed by atoms with E-state index in [1.54, 1.807) is 0 Å².